The van der Waals surface area contributed by atoms with E-state index in [1.165, 1.54) is 22.2 Å². The first kappa shape index (κ1) is 23.9. The third-order valence-corrected chi connectivity index (χ3v) is 6.49. The standard InChI is InChI=1S/C20H20ClFN4O4S2/c21-14-8-18(32(28,29)26-20-11-31-12-25-20)15(22)9-17(14)30-16-6-2-1-4-13(16)5-3-7-24-10-19(23)27/h1-2,4,6,8-9,11-12,24,26H,3,5,7,10H2,(H2,23,27). The second kappa shape index (κ2) is 10.7. The molecule has 170 valence electrons. The van der Waals surface area contributed by atoms with E-state index in [4.69, 9.17) is 22.1 Å². The number of benzene rings is 2. The first-order valence-electron chi connectivity index (χ1n) is 9.41. The van der Waals surface area contributed by atoms with Crippen LogP contribution in [0.1, 0.15) is 12.0 Å². The summed E-state index contributed by atoms with van der Waals surface area (Å²) in [6.07, 6.45) is 1.32. The maximum atomic E-state index is 14.7. The van der Waals surface area contributed by atoms with Crippen LogP contribution in [0.25, 0.3) is 0 Å². The SMILES string of the molecule is NC(=O)CNCCCc1ccccc1Oc1cc(F)c(S(=O)(=O)Nc2cscn2)cc1Cl. The van der Waals surface area contributed by atoms with Crippen LogP contribution in [0.5, 0.6) is 11.5 Å². The van der Waals surface area contributed by atoms with E-state index >= 15 is 0 Å². The van der Waals surface area contributed by atoms with Gasteiger partial charge in [-0.3, -0.25) is 9.52 Å². The number of nitrogens with zero attached hydrogens (tertiary/aromatic N) is 1. The number of carbonyl (C=O) groups excluding carboxylic acids is 1. The average Bonchev–Trinajstić information content (AvgIpc) is 3.23. The first-order valence-corrected chi connectivity index (χ1v) is 12.2. The minimum Gasteiger partial charge on any atom is -0.455 e. The highest BCUT2D eigenvalue weighted by Crippen LogP contribution is 2.35. The Kier molecular flexibility index (Phi) is 8.02. The maximum absolute atomic E-state index is 14.7. The molecular weight excluding hydrogens is 479 g/mol. The third-order valence-electron chi connectivity index (χ3n) is 4.24. The number of rotatable bonds is 11. The second-order valence-corrected chi connectivity index (χ2v) is 9.43. The van der Waals surface area contributed by atoms with Crippen molar-refractivity contribution in [3.63, 3.8) is 0 Å². The molecule has 0 saturated heterocycles. The first-order chi connectivity index (χ1) is 15.3. The Labute approximate surface area is 193 Å². The Morgan fingerprint density at radius 2 is 2.03 bits per heavy atom. The number of para-hydroxylation sites is 1. The van der Waals surface area contributed by atoms with Gasteiger partial charge in [-0.15, -0.1) is 11.3 Å². The van der Waals surface area contributed by atoms with Gasteiger partial charge in [-0.05, 0) is 37.1 Å². The Morgan fingerprint density at radius 1 is 1.25 bits per heavy atom. The second-order valence-electron chi connectivity index (χ2n) is 6.65. The molecule has 0 atom stereocenters. The lowest BCUT2D eigenvalue weighted by atomic mass is 10.1. The zero-order valence-electron chi connectivity index (χ0n) is 16.7. The molecule has 32 heavy (non-hydrogen) atoms. The summed E-state index contributed by atoms with van der Waals surface area (Å²) in [4.78, 5) is 14.0. The van der Waals surface area contributed by atoms with Gasteiger partial charge >= 0.3 is 0 Å². The van der Waals surface area contributed by atoms with E-state index in [1.807, 2.05) is 12.1 Å². The molecule has 0 aliphatic carbocycles. The molecule has 3 aromatic rings. The zero-order valence-corrected chi connectivity index (χ0v) is 19.1. The van der Waals surface area contributed by atoms with Crippen molar-refractivity contribution < 1.29 is 22.3 Å². The van der Waals surface area contributed by atoms with E-state index in [2.05, 4.69) is 15.0 Å². The predicted molar refractivity (Wildman–Crippen MR) is 121 cm³/mol. The van der Waals surface area contributed by atoms with E-state index in [9.17, 15) is 17.6 Å². The molecule has 2 aromatic carbocycles. The molecule has 0 radical (unpaired) electrons. The van der Waals surface area contributed by atoms with Gasteiger partial charge in [0, 0.05) is 11.4 Å². The van der Waals surface area contributed by atoms with Crippen molar-refractivity contribution in [3.05, 3.63) is 63.7 Å². The lowest BCUT2D eigenvalue weighted by molar-refractivity contribution is -0.117. The van der Waals surface area contributed by atoms with Gasteiger partial charge in [-0.25, -0.2) is 17.8 Å². The summed E-state index contributed by atoms with van der Waals surface area (Å²) in [6.45, 7) is 0.671. The van der Waals surface area contributed by atoms with Crippen LogP contribution in [0.15, 0.2) is 52.2 Å². The van der Waals surface area contributed by atoms with Crippen LogP contribution in [0.2, 0.25) is 5.02 Å². The number of hydrogen-bond donors (Lipinski definition) is 3. The molecule has 0 bridgehead atoms. The molecule has 0 unspecified atom stereocenters. The van der Waals surface area contributed by atoms with Crippen LogP contribution in [0, 0.1) is 5.82 Å². The quantitative estimate of drug-likeness (QED) is 0.347. The number of nitrogens with one attached hydrogen (secondary N) is 2. The minimum atomic E-state index is -4.22. The van der Waals surface area contributed by atoms with Gasteiger partial charge in [-0.1, -0.05) is 29.8 Å². The number of nitrogens with two attached hydrogens (primary N) is 1. The number of thiazole rings is 1. The summed E-state index contributed by atoms with van der Waals surface area (Å²) in [5.74, 6) is -0.918. The van der Waals surface area contributed by atoms with Gasteiger partial charge in [0.25, 0.3) is 10.0 Å². The van der Waals surface area contributed by atoms with Crippen LogP contribution >= 0.6 is 22.9 Å². The normalized spacial score (nSPS) is 11.3. The summed E-state index contributed by atoms with van der Waals surface area (Å²) < 4.78 is 47.7. The Morgan fingerprint density at radius 3 is 2.75 bits per heavy atom. The minimum absolute atomic E-state index is 0.0175. The molecule has 0 saturated carbocycles. The fraction of sp³-hybridized carbons (Fsp3) is 0.200. The molecule has 3 rings (SSSR count). The molecule has 12 heteroatoms. The molecule has 1 heterocycles. The number of hydrogen-bond acceptors (Lipinski definition) is 7. The number of aromatic nitrogens is 1. The van der Waals surface area contributed by atoms with Crippen molar-refractivity contribution in [2.24, 2.45) is 5.73 Å². The van der Waals surface area contributed by atoms with Gasteiger partial charge < -0.3 is 15.8 Å². The lowest BCUT2D eigenvalue weighted by Gasteiger charge is -2.14. The molecule has 8 nitrogen and oxygen atoms in total. The van der Waals surface area contributed by atoms with Crippen LogP contribution in [-0.4, -0.2) is 32.4 Å². The van der Waals surface area contributed by atoms with Crippen molar-refractivity contribution in [3.8, 4) is 11.5 Å². The highest BCUT2D eigenvalue weighted by Gasteiger charge is 2.23. The summed E-state index contributed by atoms with van der Waals surface area (Å²) >= 11 is 7.41. The number of halogens is 2. The van der Waals surface area contributed by atoms with Gasteiger partial charge in [0.15, 0.2) is 5.82 Å². The molecular formula is C20H20ClFN4O4S2. The Bertz CT molecular complexity index is 1190. The van der Waals surface area contributed by atoms with E-state index in [1.54, 1.807) is 12.1 Å². The molecule has 0 spiro atoms. The summed E-state index contributed by atoms with van der Waals surface area (Å²) in [6, 6.07) is 9.08. The molecule has 1 aromatic heterocycles. The maximum Gasteiger partial charge on any atom is 0.266 e. The van der Waals surface area contributed by atoms with Gasteiger partial charge in [0.05, 0.1) is 17.1 Å². The lowest BCUT2D eigenvalue weighted by Crippen LogP contribution is -2.29. The van der Waals surface area contributed by atoms with Gasteiger partial charge in [0.2, 0.25) is 5.91 Å². The molecule has 0 aliphatic rings. The highest BCUT2D eigenvalue weighted by molar-refractivity contribution is 7.92. The monoisotopic (exact) mass is 498 g/mol. The number of amides is 1. The van der Waals surface area contributed by atoms with Crippen LogP contribution < -0.4 is 20.5 Å². The number of primary amides is 1. The molecule has 4 N–H and O–H groups in total. The number of sulfonamides is 1. The molecule has 1 amide bonds. The number of aryl methyl sites for hydroxylation is 1. The fourth-order valence-corrected chi connectivity index (χ4v) is 4.70. The van der Waals surface area contributed by atoms with E-state index in [-0.39, 0.29) is 23.1 Å². The Balaban J connectivity index is 1.75. The number of anilines is 1. The highest BCUT2D eigenvalue weighted by atomic mass is 35.5. The number of carbonyl (C=O) groups is 1. The fourth-order valence-electron chi connectivity index (χ4n) is 2.79. The molecule has 0 fully saturated rings. The molecule has 0 aliphatic heterocycles. The Hall–Kier alpha value is -2.73. The van der Waals surface area contributed by atoms with Crippen molar-refractivity contribution >= 4 is 44.7 Å². The van der Waals surface area contributed by atoms with Crippen molar-refractivity contribution in [2.75, 3.05) is 17.8 Å². The van der Waals surface area contributed by atoms with Crippen LogP contribution in [0.4, 0.5) is 10.2 Å². The van der Waals surface area contributed by atoms with Crippen LogP contribution in [-0.2, 0) is 21.2 Å². The van der Waals surface area contributed by atoms with Gasteiger partial charge in [0.1, 0.15) is 22.2 Å². The van der Waals surface area contributed by atoms with Gasteiger partial charge in [-0.2, -0.15) is 0 Å². The van der Waals surface area contributed by atoms with Crippen molar-refractivity contribution in [1.29, 1.82) is 0 Å². The topological polar surface area (TPSA) is 123 Å². The van der Waals surface area contributed by atoms with Crippen LogP contribution in [0.3, 0.4) is 0 Å². The summed E-state index contributed by atoms with van der Waals surface area (Å²) in [7, 11) is -4.22. The number of ether oxygens (including phenoxy) is 1. The summed E-state index contributed by atoms with van der Waals surface area (Å²) in [5, 5.41) is 4.34. The summed E-state index contributed by atoms with van der Waals surface area (Å²) in [5.41, 5.74) is 7.37. The zero-order chi connectivity index (χ0) is 23.1. The van der Waals surface area contributed by atoms with E-state index in [0.29, 0.717) is 25.1 Å². The predicted octanol–water partition coefficient (Wildman–Crippen LogP) is 3.54. The van der Waals surface area contributed by atoms with Crippen molar-refractivity contribution in [2.45, 2.75) is 17.7 Å². The largest absolute Gasteiger partial charge is 0.455 e. The average molecular weight is 499 g/mol. The van der Waals surface area contributed by atoms with E-state index < -0.39 is 26.6 Å². The van der Waals surface area contributed by atoms with Crippen molar-refractivity contribution in [1.82, 2.24) is 10.3 Å². The smallest absolute Gasteiger partial charge is 0.266 e. The third kappa shape index (κ3) is 6.39. The van der Waals surface area contributed by atoms with E-state index in [0.717, 1.165) is 17.7 Å².